The SMILES string of the molecule is CC(C)(CBr)Oc1ccccc1. The fourth-order valence-corrected chi connectivity index (χ4v) is 0.949. The summed E-state index contributed by atoms with van der Waals surface area (Å²) < 4.78 is 5.70. The van der Waals surface area contributed by atoms with Crippen LogP contribution in [0.5, 0.6) is 5.75 Å². The number of alkyl halides is 1. The summed E-state index contributed by atoms with van der Waals surface area (Å²) in [5, 5.41) is 0.828. The van der Waals surface area contributed by atoms with Crippen LogP contribution in [-0.2, 0) is 0 Å². The smallest absolute Gasteiger partial charge is 0.120 e. The van der Waals surface area contributed by atoms with Crippen molar-refractivity contribution >= 4 is 15.9 Å². The lowest BCUT2D eigenvalue weighted by Crippen LogP contribution is -2.29. The minimum atomic E-state index is -0.138. The first-order valence-corrected chi connectivity index (χ1v) is 5.06. The van der Waals surface area contributed by atoms with E-state index in [1.54, 1.807) is 0 Å². The van der Waals surface area contributed by atoms with E-state index in [1.807, 2.05) is 30.3 Å². The second kappa shape index (κ2) is 3.94. The molecule has 0 bridgehead atoms. The molecule has 0 aromatic heterocycles. The maximum atomic E-state index is 5.70. The average molecular weight is 229 g/mol. The van der Waals surface area contributed by atoms with Gasteiger partial charge in [0, 0.05) is 5.33 Å². The van der Waals surface area contributed by atoms with Gasteiger partial charge in [-0.05, 0) is 26.0 Å². The second-order valence-corrected chi connectivity index (χ2v) is 3.87. The topological polar surface area (TPSA) is 9.23 Å². The Morgan fingerprint density at radius 2 is 1.83 bits per heavy atom. The highest BCUT2D eigenvalue weighted by atomic mass is 79.9. The van der Waals surface area contributed by atoms with Crippen LogP contribution in [-0.4, -0.2) is 10.9 Å². The van der Waals surface area contributed by atoms with Crippen molar-refractivity contribution in [2.75, 3.05) is 5.33 Å². The molecule has 0 radical (unpaired) electrons. The number of para-hydroxylation sites is 1. The van der Waals surface area contributed by atoms with E-state index in [9.17, 15) is 0 Å². The van der Waals surface area contributed by atoms with Crippen LogP contribution < -0.4 is 4.74 Å². The van der Waals surface area contributed by atoms with E-state index >= 15 is 0 Å². The fraction of sp³-hybridized carbons (Fsp3) is 0.400. The van der Waals surface area contributed by atoms with Crippen LogP contribution in [0.15, 0.2) is 30.3 Å². The molecule has 0 spiro atoms. The first-order valence-electron chi connectivity index (χ1n) is 3.94. The third-order valence-corrected chi connectivity index (χ3v) is 2.81. The maximum Gasteiger partial charge on any atom is 0.120 e. The van der Waals surface area contributed by atoms with Gasteiger partial charge in [0.25, 0.3) is 0 Å². The van der Waals surface area contributed by atoms with Gasteiger partial charge in [-0.25, -0.2) is 0 Å². The fourth-order valence-electron chi connectivity index (χ4n) is 0.835. The summed E-state index contributed by atoms with van der Waals surface area (Å²) in [4.78, 5) is 0. The summed E-state index contributed by atoms with van der Waals surface area (Å²) in [6.07, 6.45) is 0. The molecule has 0 aliphatic carbocycles. The number of hydrogen-bond acceptors (Lipinski definition) is 1. The van der Waals surface area contributed by atoms with Crippen molar-refractivity contribution in [2.45, 2.75) is 19.4 Å². The van der Waals surface area contributed by atoms with Gasteiger partial charge in [-0.15, -0.1) is 0 Å². The molecule has 0 atom stereocenters. The number of ether oxygens (including phenoxy) is 1. The van der Waals surface area contributed by atoms with E-state index in [4.69, 9.17) is 4.74 Å². The zero-order chi connectivity index (χ0) is 9.03. The van der Waals surface area contributed by atoms with Crippen LogP contribution in [0.4, 0.5) is 0 Å². The summed E-state index contributed by atoms with van der Waals surface area (Å²) in [7, 11) is 0. The molecule has 0 saturated carbocycles. The van der Waals surface area contributed by atoms with Crippen molar-refractivity contribution in [3.63, 3.8) is 0 Å². The lowest BCUT2D eigenvalue weighted by atomic mass is 10.2. The molecule has 0 heterocycles. The zero-order valence-corrected chi connectivity index (χ0v) is 8.97. The number of rotatable bonds is 3. The molecule has 0 fully saturated rings. The van der Waals surface area contributed by atoms with Crippen molar-refractivity contribution < 1.29 is 4.74 Å². The van der Waals surface area contributed by atoms with Crippen molar-refractivity contribution in [1.29, 1.82) is 0 Å². The van der Waals surface area contributed by atoms with Crippen LogP contribution in [0.2, 0.25) is 0 Å². The summed E-state index contributed by atoms with van der Waals surface area (Å²) in [6.45, 7) is 4.10. The van der Waals surface area contributed by atoms with E-state index in [-0.39, 0.29) is 5.60 Å². The van der Waals surface area contributed by atoms with Gasteiger partial charge in [-0.2, -0.15) is 0 Å². The highest BCUT2D eigenvalue weighted by molar-refractivity contribution is 9.09. The molecular formula is C10H13BrO. The predicted octanol–water partition coefficient (Wildman–Crippen LogP) is 3.24. The van der Waals surface area contributed by atoms with Crippen LogP contribution in [0.3, 0.4) is 0 Å². The molecule has 1 aromatic rings. The molecule has 1 aromatic carbocycles. The summed E-state index contributed by atoms with van der Waals surface area (Å²) in [6, 6.07) is 9.85. The van der Waals surface area contributed by atoms with Gasteiger partial charge in [0.15, 0.2) is 0 Å². The van der Waals surface area contributed by atoms with Gasteiger partial charge in [0.1, 0.15) is 11.4 Å². The number of halogens is 1. The number of hydrogen-bond donors (Lipinski definition) is 0. The van der Waals surface area contributed by atoms with E-state index in [1.165, 1.54) is 0 Å². The van der Waals surface area contributed by atoms with E-state index in [2.05, 4.69) is 29.8 Å². The Balaban J connectivity index is 2.64. The summed E-state index contributed by atoms with van der Waals surface area (Å²) in [5.41, 5.74) is -0.138. The Hall–Kier alpha value is -0.500. The van der Waals surface area contributed by atoms with Crippen LogP contribution in [0.1, 0.15) is 13.8 Å². The van der Waals surface area contributed by atoms with Crippen LogP contribution in [0.25, 0.3) is 0 Å². The van der Waals surface area contributed by atoms with Crippen molar-refractivity contribution in [3.8, 4) is 5.75 Å². The zero-order valence-electron chi connectivity index (χ0n) is 7.38. The molecular weight excluding hydrogens is 216 g/mol. The molecule has 0 saturated heterocycles. The second-order valence-electron chi connectivity index (χ2n) is 3.31. The van der Waals surface area contributed by atoms with Crippen molar-refractivity contribution in [2.24, 2.45) is 0 Å². The van der Waals surface area contributed by atoms with Gasteiger partial charge < -0.3 is 4.74 Å². The molecule has 0 aliphatic rings. The van der Waals surface area contributed by atoms with Gasteiger partial charge in [-0.1, -0.05) is 34.1 Å². The standard InChI is InChI=1S/C10H13BrO/c1-10(2,8-11)12-9-6-4-3-5-7-9/h3-7H,8H2,1-2H3. The monoisotopic (exact) mass is 228 g/mol. The Kier molecular flexibility index (Phi) is 3.15. The lowest BCUT2D eigenvalue weighted by molar-refractivity contribution is 0.137. The highest BCUT2D eigenvalue weighted by Gasteiger charge is 2.17. The van der Waals surface area contributed by atoms with E-state index in [0.29, 0.717) is 0 Å². The Bertz CT molecular complexity index is 231. The molecule has 1 nitrogen and oxygen atoms in total. The molecule has 66 valence electrons. The van der Waals surface area contributed by atoms with Gasteiger partial charge in [0.2, 0.25) is 0 Å². The highest BCUT2D eigenvalue weighted by Crippen LogP contribution is 2.18. The predicted molar refractivity (Wildman–Crippen MR) is 54.9 cm³/mol. The maximum absolute atomic E-state index is 5.70. The third kappa shape index (κ3) is 2.86. The van der Waals surface area contributed by atoms with Crippen molar-refractivity contribution in [3.05, 3.63) is 30.3 Å². The largest absolute Gasteiger partial charge is 0.487 e. The molecule has 0 amide bonds. The van der Waals surface area contributed by atoms with Crippen LogP contribution in [0, 0.1) is 0 Å². The van der Waals surface area contributed by atoms with Gasteiger partial charge in [-0.3, -0.25) is 0 Å². The lowest BCUT2D eigenvalue weighted by Gasteiger charge is -2.23. The van der Waals surface area contributed by atoms with Gasteiger partial charge in [0.05, 0.1) is 0 Å². The first kappa shape index (κ1) is 9.59. The number of benzene rings is 1. The minimum Gasteiger partial charge on any atom is -0.487 e. The molecule has 0 unspecified atom stereocenters. The Morgan fingerprint density at radius 3 is 2.33 bits per heavy atom. The first-order chi connectivity index (χ1) is 5.64. The van der Waals surface area contributed by atoms with Crippen molar-refractivity contribution in [1.82, 2.24) is 0 Å². The molecule has 1 rings (SSSR count). The van der Waals surface area contributed by atoms with E-state index < -0.39 is 0 Å². The van der Waals surface area contributed by atoms with Gasteiger partial charge >= 0.3 is 0 Å². The molecule has 12 heavy (non-hydrogen) atoms. The van der Waals surface area contributed by atoms with Crippen LogP contribution >= 0.6 is 15.9 Å². The molecule has 0 aliphatic heterocycles. The van der Waals surface area contributed by atoms with E-state index in [0.717, 1.165) is 11.1 Å². The minimum absolute atomic E-state index is 0.138. The normalized spacial score (nSPS) is 11.2. The Morgan fingerprint density at radius 1 is 1.25 bits per heavy atom. The third-order valence-electron chi connectivity index (χ3n) is 1.46. The summed E-state index contributed by atoms with van der Waals surface area (Å²) >= 11 is 3.40. The summed E-state index contributed by atoms with van der Waals surface area (Å²) in [5.74, 6) is 0.918. The molecule has 2 heteroatoms. The molecule has 0 N–H and O–H groups in total. The quantitative estimate of drug-likeness (QED) is 0.723. The Labute approximate surface area is 81.9 Å². The average Bonchev–Trinajstić information content (AvgIpc) is 2.06.